The summed E-state index contributed by atoms with van der Waals surface area (Å²) in [6.07, 6.45) is 5.34. The quantitative estimate of drug-likeness (QED) is 0.868. The van der Waals surface area contributed by atoms with E-state index in [2.05, 4.69) is 18.2 Å². The molecule has 0 amide bonds. The van der Waals surface area contributed by atoms with Crippen molar-refractivity contribution in [2.75, 3.05) is 13.7 Å². The summed E-state index contributed by atoms with van der Waals surface area (Å²) in [7, 11) is 1.78. The number of methoxy groups -OCH3 is 1. The van der Waals surface area contributed by atoms with Gasteiger partial charge in [0.05, 0.1) is 7.11 Å². The lowest BCUT2D eigenvalue weighted by atomic mass is 9.74. The predicted octanol–water partition coefficient (Wildman–Crippen LogP) is 3.02. The zero-order valence-corrected chi connectivity index (χ0v) is 10.5. The third-order valence-corrected chi connectivity index (χ3v) is 4.43. The first kappa shape index (κ1) is 11.1. The van der Waals surface area contributed by atoms with Gasteiger partial charge >= 0.3 is 0 Å². The molecule has 0 heterocycles. The molecule has 0 saturated heterocycles. The van der Waals surface area contributed by atoms with E-state index < -0.39 is 0 Å². The Hall–Kier alpha value is -1.02. The van der Waals surface area contributed by atoms with Gasteiger partial charge in [0.1, 0.15) is 5.75 Å². The first-order chi connectivity index (χ1) is 8.35. The van der Waals surface area contributed by atoms with E-state index in [9.17, 15) is 0 Å². The molecule has 2 nitrogen and oxygen atoms in total. The maximum absolute atomic E-state index is 5.91. The van der Waals surface area contributed by atoms with Crippen molar-refractivity contribution in [3.63, 3.8) is 0 Å². The Bertz CT molecular complexity index is 411. The highest BCUT2D eigenvalue weighted by Gasteiger charge is 2.38. The average molecular weight is 231 g/mol. The van der Waals surface area contributed by atoms with Crippen molar-refractivity contribution >= 4 is 0 Å². The molecule has 0 bridgehead atoms. The molecule has 2 aliphatic carbocycles. The minimum atomic E-state index is 0.537. The van der Waals surface area contributed by atoms with E-state index in [4.69, 9.17) is 10.5 Å². The molecule has 0 radical (unpaired) electrons. The van der Waals surface area contributed by atoms with Gasteiger partial charge in [-0.25, -0.2) is 0 Å². The number of fused-ring (bicyclic) bond motifs is 1. The summed E-state index contributed by atoms with van der Waals surface area (Å²) in [4.78, 5) is 0. The van der Waals surface area contributed by atoms with E-state index in [-0.39, 0.29) is 0 Å². The Labute approximate surface area is 103 Å². The molecule has 92 valence electrons. The third-order valence-electron chi connectivity index (χ3n) is 4.43. The Morgan fingerprint density at radius 2 is 2.06 bits per heavy atom. The number of hydrogen-bond acceptors (Lipinski definition) is 2. The van der Waals surface area contributed by atoms with Gasteiger partial charge in [0.15, 0.2) is 0 Å². The summed E-state index contributed by atoms with van der Waals surface area (Å²) < 4.78 is 5.57. The Balaban J connectivity index is 2.06. The van der Waals surface area contributed by atoms with Crippen molar-refractivity contribution in [2.24, 2.45) is 11.7 Å². The SMILES string of the molecule is COc1cccc2c1C(C1CC1)CCC2CN. The van der Waals surface area contributed by atoms with Crippen LogP contribution in [0.4, 0.5) is 0 Å². The number of benzene rings is 1. The molecule has 2 atom stereocenters. The minimum Gasteiger partial charge on any atom is -0.496 e. The molecule has 1 aromatic rings. The van der Waals surface area contributed by atoms with Crippen LogP contribution < -0.4 is 10.5 Å². The van der Waals surface area contributed by atoms with Crippen molar-refractivity contribution in [3.8, 4) is 5.75 Å². The van der Waals surface area contributed by atoms with Crippen LogP contribution in [-0.4, -0.2) is 13.7 Å². The number of nitrogens with two attached hydrogens (primary N) is 1. The van der Waals surface area contributed by atoms with Crippen molar-refractivity contribution < 1.29 is 4.74 Å². The Kier molecular flexibility index (Phi) is 2.83. The second-order valence-corrected chi connectivity index (χ2v) is 5.42. The summed E-state index contributed by atoms with van der Waals surface area (Å²) >= 11 is 0. The summed E-state index contributed by atoms with van der Waals surface area (Å²) in [5, 5.41) is 0. The Morgan fingerprint density at radius 3 is 2.71 bits per heavy atom. The maximum atomic E-state index is 5.91. The summed E-state index contributed by atoms with van der Waals surface area (Å²) in [6.45, 7) is 0.761. The van der Waals surface area contributed by atoms with Crippen molar-refractivity contribution in [1.82, 2.24) is 0 Å². The number of ether oxygens (including phenoxy) is 1. The van der Waals surface area contributed by atoms with Gasteiger partial charge in [0, 0.05) is 5.56 Å². The molecule has 17 heavy (non-hydrogen) atoms. The fourth-order valence-electron chi connectivity index (χ4n) is 3.39. The molecule has 2 unspecified atom stereocenters. The van der Waals surface area contributed by atoms with Crippen molar-refractivity contribution in [1.29, 1.82) is 0 Å². The van der Waals surface area contributed by atoms with Crippen LogP contribution in [0.2, 0.25) is 0 Å². The molecule has 3 rings (SSSR count). The molecular weight excluding hydrogens is 210 g/mol. The third kappa shape index (κ3) is 1.85. The lowest BCUT2D eigenvalue weighted by Gasteiger charge is -2.32. The van der Waals surface area contributed by atoms with E-state index >= 15 is 0 Å². The van der Waals surface area contributed by atoms with Crippen LogP contribution in [0.15, 0.2) is 18.2 Å². The van der Waals surface area contributed by atoms with Crippen molar-refractivity contribution in [2.45, 2.75) is 37.5 Å². The van der Waals surface area contributed by atoms with Crippen LogP contribution in [0, 0.1) is 5.92 Å². The number of rotatable bonds is 3. The largest absolute Gasteiger partial charge is 0.496 e. The van der Waals surface area contributed by atoms with E-state index in [1.54, 1.807) is 7.11 Å². The van der Waals surface area contributed by atoms with Gasteiger partial charge in [-0.15, -0.1) is 0 Å². The molecule has 0 spiro atoms. The molecule has 0 aliphatic heterocycles. The zero-order chi connectivity index (χ0) is 11.8. The lowest BCUT2D eigenvalue weighted by Crippen LogP contribution is -2.22. The summed E-state index contributed by atoms with van der Waals surface area (Å²) in [6, 6.07) is 6.46. The van der Waals surface area contributed by atoms with Gasteiger partial charge in [-0.3, -0.25) is 0 Å². The smallest absolute Gasteiger partial charge is 0.122 e. The van der Waals surface area contributed by atoms with E-state index in [1.807, 2.05) is 0 Å². The predicted molar refractivity (Wildman–Crippen MR) is 69.5 cm³/mol. The average Bonchev–Trinajstić information content (AvgIpc) is 3.21. The molecule has 2 N–H and O–H groups in total. The highest BCUT2D eigenvalue weighted by Crippen LogP contribution is 2.53. The van der Waals surface area contributed by atoms with Crippen LogP contribution >= 0.6 is 0 Å². The van der Waals surface area contributed by atoms with Crippen molar-refractivity contribution in [3.05, 3.63) is 29.3 Å². The maximum Gasteiger partial charge on any atom is 0.122 e. The molecular formula is C15H21NO. The van der Waals surface area contributed by atoms with Gasteiger partial charge in [-0.2, -0.15) is 0 Å². The van der Waals surface area contributed by atoms with E-state index in [1.165, 1.54) is 36.8 Å². The second kappa shape index (κ2) is 4.34. The fourth-order valence-corrected chi connectivity index (χ4v) is 3.39. The van der Waals surface area contributed by atoms with Gasteiger partial charge in [-0.05, 0) is 61.6 Å². The molecule has 0 aromatic heterocycles. The summed E-state index contributed by atoms with van der Waals surface area (Å²) in [5.41, 5.74) is 8.83. The van der Waals surface area contributed by atoms with Gasteiger partial charge in [0.2, 0.25) is 0 Å². The lowest BCUT2D eigenvalue weighted by molar-refractivity contribution is 0.382. The topological polar surface area (TPSA) is 35.2 Å². The second-order valence-electron chi connectivity index (χ2n) is 5.42. The van der Waals surface area contributed by atoms with E-state index in [0.29, 0.717) is 5.92 Å². The van der Waals surface area contributed by atoms with Crippen LogP contribution in [0.1, 0.15) is 48.6 Å². The van der Waals surface area contributed by atoms with Gasteiger partial charge in [0.25, 0.3) is 0 Å². The Morgan fingerprint density at radius 1 is 1.24 bits per heavy atom. The zero-order valence-electron chi connectivity index (χ0n) is 10.5. The standard InChI is InChI=1S/C15H21NO/c1-17-14-4-2-3-12-11(9-16)7-8-13(15(12)14)10-5-6-10/h2-4,10-11,13H,5-9,16H2,1H3. The molecule has 1 fully saturated rings. The number of hydrogen-bond donors (Lipinski definition) is 1. The first-order valence-corrected chi connectivity index (χ1v) is 6.72. The molecule has 2 heteroatoms. The van der Waals surface area contributed by atoms with Crippen LogP contribution in [-0.2, 0) is 0 Å². The monoisotopic (exact) mass is 231 g/mol. The molecule has 2 aliphatic rings. The van der Waals surface area contributed by atoms with Crippen LogP contribution in [0.5, 0.6) is 5.75 Å². The highest BCUT2D eigenvalue weighted by atomic mass is 16.5. The normalized spacial score (nSPS) is 27.6. The summed E-state index contributed by atoms with van der Waals surface area (Å²) in [5.74, 6) is 3.25. The fraction of sp³-hybridized carbons (Fsp3) is 0.600. The first-order valence-electron chi connectivity index (χ1n) is 6.72. The van der Waals surface area contributed by atoms with E-state index in [0.717, 1.165) is 24.1 Å². The highest BCUT2D eigenvalue weighted by molar-refractivity contribution is 5.47. The molecule has 1 aromatic carbocycles. The van der Waals surface area contributed by atoms with Gasteiger partial charge in [-0.1, -0.05) is 12.1 Å². The minimum absolute atomic E-state index is 0.537. The van der Waals surface area contributed by atoms with Crippen LogP contribution in [0.25, 0.3) is 0 Å². The van der Waals surface area contributed by atoms with Crippen LogP contribution in [0.3, 0.4) is 0 Å². The molecule has 1 saturated carbocycles. The van der Waals surface area contributed by atoms with Gasteiger partial charge < -0.3 is 10.5 Å².